The summed E-state index contributed by atoms with van der Waals surface area (Å²) in [5.74, 6) is 0.879. The highest BCUT2D eigenvalue weighted by molar-refractivity contribution is 6.00. The highest BCUT2D eigenvalue weighted by Gasteiger charge is 2.27. The molecule has 0 unspecified atom stereocenters. The molecule has 0 spiro atoms. The smallest absolute Gasteiger partial charge is 0.254 e. The number of carbonyl (C=O) groups excluding carboxylic acids is 1. The lowest BCUT2D eigenvalue weighted by atomic mass is 10.0. The number of hydrogen-bond acceptors (Lipinski definition) is 2. The fraction of sp³-hybridized carbons (Fsp3) is 0.364. The number of carbonyl (C=O) groups is 1. The Labute approximate surface area is 83.3 Å². The Balaban J connectivity index is 2.60. The molecule has 1 aromatic carbocycles. The van der Waals surface area contributed by atoms with Crippen LogP contribution in [0.25, 0.3) is 0 Å². The van der Waals surface area contributed by atoms with Crippen LogP contribution in [0.2, 0.25) is 0 Å². The number of ether oxygens (including phenoxy) is 1. The van der Waals surface area contributed by atoms with Gasteiger partial charge in [-0.25, -0.2) is 0 Å². The predicted molar refractivity (Wildman–Crippen MR) is 53.5 cm³/mol. The fourth-order valence-electron chi connectivity index (χ4n) is 1.92. The second-order valence-corrected chi connectivity index (χ2v) is 3.59. The van der Waals surface area contributed by atoms with Gasteiger partial charge in [0.1, 0.15) is 5.75 Å². The van der Waals surface area contributed by atoms with Gasteiger partial charge in [0.2, 0.25) is 0 Å². The SMILES string of the molecule is COc1ccc2c(c1C)C(=O)N(C)C2. The molecule has 0 atom stereocenters. The number of methoxy groups -OCH3 is 1. The third-order valence-electron chi connectivity index (χ3n) is 2.69. The van der Waals surface area contributed by atoms with Crippen LogP contribution < -0.4 is 4.74 Å². The summed E-state index contributed by atoms with van der Waals surface area (Å²) in [6.07, 6.45) is 0. The van der Waals surface area contributed by atoms with Gasteiger partial charge >= 0.3 is 0 Å². The van der Waals surface area contributed by atoms with Gasteiger partial charge in [0, 0.05) is 19.2 Å². The quantitative estimate of drug-likeness (QED) is 0.674. The normalized spacial score (nSPS) is 14.5. The van der Waals surface area contributed by atoms with E-state index in [1.165, 1.54) is 0 Å². The summed E-state index contributed by atoms with van der Waals surface area (Å²) in [7, 11) is 3.44. The number of nitrogens with zero attached hydrogens (tertiary/aromatic N) is 1. The molecule has 0 aliphatic carbocycles. The molecule has 0 radical (unpaired) electrons. The van der Waals surface area contributed by atoms with Gasteiger partial charge in [0.15, 0.2) is 0 Å². The van der Waals surface area contributed by atoms with Crippen LogP contribution in [-0.4, -0.2) is 25.0 Å². The molecule has 14 heavy (non-hydrogen) atoms. The lowest BCUT2D eigenvalue weighted by Gasteiger charge is -2.08. The summed E-state index contributed by atoms with van der Waals surface area (Å²) < 4.78 is 5.18. The summed E-state index contributed by atoms with van der Waals surface area (Å²) in [4.78, 5) is 13.5. The first-order valence-corrected chi connectivity index (χ1v) is 4.57. The topological polar surface area (TPSA) is 29.5 Å². The van der Waals surface area contributed by atoms with Gasteiger partial charge in [-0.15, -0.1) is 0 Å². The molecule has 0 bridgehead atoms. The van der Waals surface area contributed by atoms with Gasteiger partial charge in [-0.3, -0.25) is 4.79 Å². The third-order valence-corrected chi connectivity index (χ3v) is 2.69. The summed E-state index contributed by atoms with van der Waals surface area (Å²) in [5.41, 5.74) is 2.85. The van der Waals surface area contributed by atoms with Crippen molar-refractivity contribution in [3.8, 4) is 5.75 Å². The molecular weight excluding hydrogens is 178 g/mol. The van der Waals surface area contributed by atoms with Gasteiger partial charge in [0.25, 0.3) is 5.91 Å². The Kier molecular flexibility index (Phi) is 1.95. The minimum atomic E-state index is 0.0939. The summed E-state index contributed by atoms with van der Waals surface area (Å²) >= 11 is 0. The van der Waals surface area contributed by atoms with E-state index in [1.54, 1.807) is 12.0 Å². The first kappa shape index (κ1) is 9.06. The van der Waals surface area contributed by atoms with E-state index in [0.717, 1.165) is 22.4 Å². The summed E-state index contributed by atoms with van der Waals surface area (Å²) in [6.45, 7) is 2.63. The van der Waals surface area contributed by atoms with Crippen LogP contribution >= 0.6 is 0 Å². The zero-order valence-corrected chi connectivity index (χ0v) is 8.63. The van der Waals surface area contributed by atoms with Gasteiger partial charge in [-0.1, -0.05) is 6.07 Å². The standard InChI is InChI=1S/C11H13NO2/c1-7-9(14-3)5-4-8-6-12(2)11(13)10(7)8/h4-5H,6H2,1-3H3. The predicted octanol–water partition coefficient (Wildman–Crippen LogP) is 1.59. The highest BCUT2D eigenvalue weighted by Crippen LogP contribution is 2.30. The number of fused-ring (bicyclic) bond motifs is 1. The van der Waals surface area contributed by atoms with E-state index in [4.69, 9.17) is 4.74 Å². The largest absolute Gasteiger partial charge is 0.496 e. The number of hydrogen-bond donors (Lipinski definition) is 0. The Hall–Kier alpha value is -1.51. The van der Waals surface area contributed by atoms with E-state index in [-0.39, 0.29) is 5.91 Å². The van der Waals surface area contributed by atoms with Crippen molar-refractivity contribution in [1.82, 2.24) is 4.90 Å². The van der Waals surface area contributed by atoms with Crippen molar-refractivity contribution in [1.29, 1.82) is 0 Å². The molecule has 3 heteroatoms. The maximum Gasteiger partial charge on any atom is 0.254 e. The molecule has 1 aliphatic rings. The average molecular weight is 191 g/mol. The molecule has 0 saturated heterocycles. The second kappa shape index (κ2) is 3.01. The van der Waals surface area contributed by atoms with Crippen LogP contribution in [0.3, 0.4) is 0 Å². The van der Waals surface area contributed by atoms with Gasteiger partial charge in [0.05, 0.1) is 12.7 Å². The maximum atomic E-state index is 11.8. The molecule has 2 rings (SSSR count). The van der Waals surface area contributed by atoms with Crippen LogP contribution in [0.15, 0.2) is 12.1 Å². The summed E-state index contributed by atoms with van der Waals surface area (Å²) in [5, 5.41) is 0. The average Bonchev–Trinajstić information content (AvgIpc) is 2.44. The Morgan fingerprint density at radius 2 is 2.14 bits per heavy atom. The molecule has 0 N–H and O–H groups in total. The molecule has 1 heterocycles. The van der Waals surface area contributed by atoms with E-state index < -0.39 is 0 Å². The van der Waals surface area contributed by atoms with Crippen molar-refractivity contribution in [2.75, 3.05) is 14.2 Å². The van der Waals surface area contributed by atoms with Gasteiger partial charge in [-0.05, 0) is 18.6 Å². The van der Waals surface area contributed by atoms with Crippen molar-refractivity contribution < 1.29 is 9.53 Å². The Morgan fingerprint density at radius 3 is 2.79 bits per heavy atom. The van der Waals surface area contributed by atoms with Crippen molar-refractivity contribution in [3.63, 3.8) is 0 Å². The van der Waals surface area contributed by atoms with Crippen molar-refractivity contribution in [2.24, 2.45) is 0 Å². The van der Waals surface area contributed by atoms with Crippen LogP contribution in [0, 0.1) is 6.92 Å². The summed E-state index contributed by atoms with van der Waals surface area (Å²) in [6, 6.07) is 3.88. The lowest BCUT2D eigenvalue weighted by molar-refractivity contribution is 0.0815. The Morgan fingerprint density at radius 1 is 1.43 bits per heavy atom. The third kappa shape index (κ3) is 1.09. The maximum absolute atomic E-state index is 11.8. The van der Waals surface area contributed by atoms with E-state index in [9.17, 15) is 4.79 Å². The van der Waals surface area contributed by atoms with Crippen molar-refractivity contribution in [2.45, 2.75) is 13.5 Å². The van der Waals surface area contributed by atoms with Crippen LogP contribution in [0.1, 0.15) is 21.5 Å². The first-order valence-electron chi connectivity index (χ1n) is 4.57. The van der Waals surface area contributed by atoms with E-state index in [2.05, 4.69) is 0 Å². The molecule has 74 valence electrons. The minimum absolute atomic E-state index is 0.0939. The minimum Gasteiger partial charge on any atom is -0.496 e. The van der Waals surface area contributed by atoms with E-state index >= 15 is 0 Å². The van der Waals surface area contributed by atoms with Gasteiger partial charge in [-0.2, -0.15) is 0 Å². The molecule has 0 saturated carbocycles. The van der Waals surface area contributed by atoms with Crippen LogP contribution in [0.5, 0.6) is 5.75 Å². The van der Waals surface area contributed by atoms with Crippen LogP contribution in [0.4, 0.5) is 0 Å². The number of benzene rings is 1. The molecule has 1 aromatic rings. The lowest BCUT2D eigenvalue weighted by Crippen LogP contribution is -2.18. The molecule has 0 aromatic heterocycles. The zero-order chi connectivity index (χ0) is 10.3. The first-order chi connectivity index (χ1) is 6.65. The molecule has 1 amide bonds. The monoisotopic (exact) mass is 191 g/mol. The van der Waals surface area contributed by atoms with Crippen LogP contribution in [-0.2, 0) is 6.54 Å². The molecule has 0 fully saturated rings. The van der Waals surface area contributed by atoms with Crippen molar-refractivity contribution >= 4 is 5.91 Å². The zero-order valence-electron chi connectivity index (χ0n) is 8.63. The highest BCUT2D eigenvalue weighted by atomic mass is 16.5. The fourth-order valence-corrected chi connectivity index (χ4v) is 1.92. The molecule has 3 nitrogen and oxygen atoms in total. The number of amides is 1. The Bertz CT molecular complexity index is 399. The number of rotatable bonds is 1. The molecule has 1 aliphatic heterocycles. The second-order valence-electron chi connectivity index (χ2n) is 3.59. The van der Waals surface area contributed by atoms with E-state index in [0.29, 0.717) is 6.54 Å². The molecular formula is C11H13NO2. The van der Waals surface area contributed by atoms with E-state index in [1.807, 2.05) is 26.1 Å². The van der Waals surface area contributed by atoms with Crippen molar-refractivity contribution in [3.05, 3.63) is 28.8 Å². The van der Waals surface area contributed by atoms with Gasteiger partial charge < -0.3 is 9.64 Å².